The minimum absolute atomic E-state index is 0.156. The number of carbonyl (C=O) groups is 1. The van der Waals surface area contributed by atoms with E-state index in [1.807, 2.05) is 15.7 Å². The van der Waals surface area contributed by atoms with Crippen LogP contribution >= 0.6 is 0 Å². The minimum atomic E-state index is 0.156. The average Bonchev–Trinajstić information content (AvgIpc) is 3.48. The SMILES string of the molecule is C=CCn1nc(C(=O)N2CCCCC2)c2c1CCC(N(CCC)CC1CC1)C2. The van der Waals surface area contributed by atoms with Gasteiger partial charge in [0.05, 0.1) is 6.54 Å². The molecular formula is C23H36N4O. The quantitative estimate of drug-likeness (QED) is 0.642. The fraction of sp³-hybridized carbons (Fsp3) is 0.739. The molecule has 1 saturated carbocycles. The lowest BCUT2D eigenvalue weighted by molar-refractivity contribution is 0.0715. The van der Waals surface area contributed by atoms with Crippen molar-refractivity contribution < 1.29 is 4.79 Å². The molecule has 1 saturated heterocycles. The standard InChI is InChI=1S/C23H36N4O/c1-3-12-26(17-18-8-9-18)19-10-11-21-20(16-19)22(24-27(21)13-4-2)23(28)25-14-6-5-7-15-25/h4,18-19H,2-3,5-17H2,1H3. The van der Waals surface area contributed by atoms with Crippen molar-refractivity contribution >= 4 is 5.91 Å². The molecule has 1 atom stereocenters. The van der Waals surface area contributed by atoms with Crippen LogP contribution < -0.4 is 0 Å². The third-order valence-corrected chi connectivity index (χ3v) is 6.69. The number of allylic oxidation sites excluding steroid dienone is 1. The highest BCUT2D eigenvalue weighted by Crippen LogP contribution is 2.34. The van der Waals surface area contributed by atoms with Gasteiger partial charge in [-0.2, -0.15) is 5.10 Å². The zero-order valence-corrected chi connectivity index (χ0v) is 17.5. The van der Waals surface area contributed by atoms with Crippen molar-refractivity contribution in [2.24, 2.45) is 5.92 Å². The van der Waals surface area contributed by atoms with Crippen molar-refractivity contribution in [3.8, 4) is 0 Å². The van der Waals surface area contributed by atoms with E-state index >= 15 is 0 Å². The third-order valence-electron chi connectivity index (χ3n) is 6.69. The van der Waals surface area contributed by atoms with Crippen LogP contribution in [0.2, 0.25) is 0 Å². The van der Waals surface area contributed by atoms with Crippen molar-refractivity contribution in [3.05, 3.63) is 29.6 Å². The second-order valence-corrected chi connectivity index (χ2v) is 8.93. The Morgan fingerprint density at radius 3 is 2.71 bits per heavy atom. The Morgan fingerprint density at radius 2 is 2.04 bits per heavy atom. The molecule has 0 aromatic carbocycles. The molecule has 4 rings (SSSR count). The maximum Gasteiger partial charge on any atom is 0.274 e. The molecule has 1 amide bonds. The number of fused-ring (bicyclic) bond motifs is 1. The number of hydrogen-bond acceptors (Lipinski definition) is 3. The van der Waals surface area contributed by atoms with E-state index in [-0.39, 0.29) is 5.91 Å². The molecule has 0 bridgehead atoms. The van der Waals surface area contributed by atoms with E-state index < -0.39 is 0 Å². The van der Waals surface area contributed by atoms with Crippen LogP contribution in [0.3, 0.4) is 0 Å². The van der Waals surface area contributed by atoms with Crippen LogP contribution in [0.4, 0.5) is 0 Å². The Morgan fingerprint density at radius 1 is 1.25 bits per heavy atom. The first kappa shape index (κ1) is 19.7. The fourth-order valence-corrected chi connectivity index (χ4v) is 5.02. The number of likely N-dealkylation sites (tertiary alicyclic amines) is 1. The predicted molar refractivity (Wildman–Crippen MR) is 113 cm³/mol. The van der Waals surface area contributed by atoms with E-state index in [1.165, 1.54) is 56.5 Å². The van der Waals surface area contributed by atoms with Crippen LogP contribution in [-0.2, 0) is 19.4 Å². The molecule has 0 spiro atoms. The summed E-state index contributed by atoms with van der Waals surface area (Å²) in [5, 5.41) is 4.81. The molecule has 2 aliphatic carbocycles. The smallest absolute Gasteiger partial charge is 0.274 e. The van der Waals surface area contributed by atoms with Crippen LogP contribution in [0.1, 0.15) is 73.6 Å². The highest BCUT2D eigenvalue weighted by atomic mass is 16.2. The Hall–Kier alpha value is -1.62. The summed E-state index contributed by atoms with van der Waals surface area (Å²) in [6, 6.07) is 0.558. The molecule has 1 aliphatic heterocycles. The lowest BCUT2D eigenvalue weighted by Crippen LogP contribution is -2.42. The molecule has 0 N–H and O–H groups in total. The second-order valence-electron chi connectivity index (χ2n) is 8.93. The van der Waals surface area contributed by atoms with E-state index in [9.17, 15) is 4.79 Å². The van der Waals surface area contributed by atoms with Crippen molar-refractivity contribution in [1.82, 2.24) is 19.6 Å². The Bertz CT molecular complexity index is 700. The molecular weight excluding hydrogens is 348 g/mol. The van der Waals surface area contributed by atoms with Crippen molar-refractivity contribution in [2.45, 2.75) is 77.3 Å². The molecule has 1 unspecified atom stereocenters. The summed E-state index contributed by atoms with van der Waals surface area (Å²) in [7, 11) is 0. The van der Waals surface area contributed by atoms with E-state index in [4.69, 9.17) is 5.10 Å². The molecule has 5 nitrogen and oxygen atoms in total. The van der Waals surface area contributed by atoms with Gasteiger partial charge in [0.25, 0.3) is 5.91 Å². The highest BCUT2D eigenvalue weighted by Gasteiger charge is 2.35. The van der Waals surface area contributed by atoms with Gasteiger partial charge < -0.3 is 4.90 Å². The molecule has 1 aromatic rings. The fourth-order valence-electron chi connectivity index (χ4n) is 5.02. The van der Waals surface area contributed by atoms with Gasteiger partial charge in [-0.05, 0) is 70.3 Å². The van der Waals surface area contributed by atoms with Crippen LogP contribution in [0.25, 0.3) is 0 Å². The number of hydrogen-bond donors (Lipinski definition) is 0. The van der Waals surface area contributed by atoms with Crippen LogP contribution in [-0.4, -0.2) is 57.7 Å². The zero-order chi connectivity index (χ0) is 19.5. The molecule has 5 heteroatoms. The first-order valence-electron chi connectivity index (χ1n) is 11.4. The maximum atomic E-state index is 13.3. The number of aromatic nitrogens is 2. The predicted octanol–water partition coefficient (Wildman–Crippen LogP) is 3.67. The molecule has 3 aliphatic rings. The summed E-state index contributed by atoms with van der Waals surface area (Å²) in [5.41, 5.74) is 3.23. The van der Waals surface area contributed by atoms with Gasteiger partial charge >= 0.3 is 0 Å². The van der Waals surface area contributed by atoms with Gasteiger partial charge in [0.1, 0.15) is 0 Å². The number of nitrogens with zero attached hydrogens (tertiary/aromatic N) is 4. The van der Waals surface area contributed by atoms with Gasteiger partial charge in [0.15, 0.2) is 5.69 Å². The van der Waals surface area contributed by atoms with Gasteiger partial charge in [-0.25, -0.2) is 0 Å². The van der Waals surface area contributed by atoms with Gasteiger partial charge in [-0.3, -0.25) is 14.4 Å². The maximum absolute atomic E-state index is 13.3. The van der Waals surface area contributed by atoms with Crippen LogP contribution in [0.15, 0.2) is 12.7 Å². The van der Waals surface area contributed by atoms with Crippen molar-refractivity contribution in [3.63, 3.8) is 0 Å². The summed E-state index contributed by atoms with van der Waals surface area (Å²) >= 11 is 0. The summed E-state index contributed by atoms with van der Waals surface area (Å²) < 4.78 is 2.04. The number of piperidine rings is 1. The van der Waals surface area contributed by atoms with E-state index in [1.54, 1.807) is 0 Å². The summed E-state index contributed by atoms with van der Waals surface area (Å²) in [6.45, 7) is 11.0. The minimum Gasteiger partial charge on any atom is -0.337 e. The molecule has 1 aromatic heterocycles. The number of carbonyl (C=O) groups excluding carboxylic acids is 1. The van der Waals surface area contributed by atoms with Crippen LogP contribution in [0.5, 0.6) is 0 Å². The number of rotatable bonds is 8. The topological polar surface area (TPSA) is 41.4 Å². The van der Waals surface area contributed by atoms with E-state index in [0.717, 1.165) is 50.4 Å². The Kier molecular flexibility index (Phi) is 6.19. The summed E-state index contributed by atoms with van der Waals surface area (Å²) in [6.07, 6.45) is 12.6. The third kappa shape index (κ3) is 4.19. The second kappa shape index (κ2) is 8.81. The van der Waals surface area contributed by atoms with E-state index in [0.29, 0.717) is 12.6 Å². The first-order chi connectivity index (χ1) is 13.7. The first-order valence-corrected chi connectivity index (χ1v) is 11.4. The van der Waals surface area contributed by atoms with Gasteiger partial charge in [-0.1, -0.05) is 13.0 Å². The van der Waals surface area contributed by atoms with E-state index in [2.05, 4.69) is 18.4 Å². The van der Waals surface area contributed by atoms with Crippen LogP contribution in [0, 0.1) is 5.92 Å². The lowest BCUT2D eigenvalue weighted by Gasteiger charge is -2.35. The normalized spacial score (nSPS) is 22.4. The lowest BCUT2D eigenvalue weighted by atomic mass is 9.89. The van der Waals surface area contributed by atoms with Gasteiger partial charge in [0, 0.05) is 36.9 Å². The largest absolute Gasteiger partial charge is 0.337 e. The van der Waals surface area contributed by atoms with Gasteiger partial charge in [-0.15, -0.1) is 6.58 Å². The van der Waals surface area contributed by atoms with Crippen molar-refractivity contribution in [2.75, 3.05) is 26.2 Å². The zero-order valence-electron chi connectivity index (χ0n) is 17.5. The molecule has 28 heavy (non-hydrogen) atoms. The molecule has 2 heterocycles. The molecule has 2 fully saturated rings. The number of amides is 1. The van der Waals surface area contributed by atoms with Crippen molar-refractivity contribution in [1.29, 1.82) is 0 Å². The summed E-state index contributed by atoms with van der Waals surface area (Å²) in [4.78, 5) is 18.0. The average molecular weight is 385 g/mol. The Balaban J connectivity index is 1.58. The highest BCUT2D eigenvalue weighted by molar-refractivity contribution is 5.94. The summed E-state index contributed by atoms with van der Waals surface area (Å²) in [5.74, 6) is 1.06. The monoisotopic (exact) mass is 384 g/mol. The van der Waals surface area contributed by atoms with Gasteiger partial charge in [0.2, 0.25) is 0 Å². The Labute approximate surface area is 169 Å². The molecule has 154 valence electrons. The molecule has 0 radical (unpaired) electrons.